The Morgan fingerprint density at radius 2 is 2.11 bits per heavy atom. The quantitative estimate of drug-likeness (QED) is 0.800. The molecule has 0 fully saturated rings. The lowest BCUT2D eigenvalue weighted by Gasteiger charge is -2.23. The average molecular weight is 271 g/mol. The van der Waals surface area contributed by atoms with Gasteiger partial charge in [-0.1, -0.05) is 31.5 Å². The van der Waals surface area contributed by atoms with Gasteiger partial charge in [0.25, 0.3) is 0 Å². The van der Waals surface area contributed by atoms with E-state index in [0.717, 1.165) is 30.2 Å². The van der Waals surface area contributed by atoms with Crippen LogP contribution in [0, 0.1) is 0 Å². The Labute approximate surface area is 115 Å². The molecule has 1 aromatic carbocycles. The van der Waals surface area contributed by atoms with Gasteiger partial charge in [0, 0.05) is 43.5 Å². The average Bonchev–Trinajstić information content (AvgIpc) is 2.34. The highest BCUT2D eigenvalue weighted by atomic mass is 35.5. The first-order valence-electron chi connectivity index (χ1n) is 6.38. The molecule has 0 spiro atoms. The molecule has 0 radical (unpaired) electrons. The van der Waals surface area contributed by atoms with Gasteiger partial charge in [0.15, 0.2) is 0 Å². The molecule has 0 unspecified atom stereocenters. The minimum Gasteiger partial charge on any atom is -0.396 e. The second kappa shape index (κ2) is 7.62. The van der Waals surface area contributed by atoms with Gasteiger partial charge >= 0.3 is 0 Å². The first kappa shape index (κ1) is 15.3. The zero-order chi connectivity index (χ0) is 13.5. The molecular formula is C14H23ClN2O. The fraction of sp³-hybridized carbons (Fsp3) is 0.571. The number of halogens is 1. The van der Waals surface area contributed by atoms with Crippen LogP contribution in [0.2, 0.25) is 5.02 Å². The van der Waals surface area contributed by atoms with Crippen LogP contribution in [0.3, 0.4) is 0 Å². The standard InChI is InChI=1S/C14H23ClN2O/c1-11(2)16-10-12-5-6-13(15)9-14(12)17(3)7-4-8-18/h5-6,9,11,16,18H,4,7-8,10H2,1-3H3. The molecule has 0 aliphatic carbocycles. The van der Waals surface area contributed by atoms with Crippen LogP contribution < -0.4 is 10.2 Å². The summed E-state index contributed by atoms with van der Waals surface area (Å²) in [6, 6.07) is 6.41. The molecule has 0 saturated carbocycles. The molecule has 0 aliphatic heterocycles. The lowest BCUT2D eigenvalue weighted by Crippen LogP contribution is -2.25. The van der Waals surface area contributed by atoms with Crippen LogP contribution in [0.25, 0.3) is 0 Å². The van der Waals surface area contributed by atoms with Crippen molar-refractivity contribution in [2.24, 2.45) is 0 Å². The molecular weight excluding hydrogens is 248 g/mol. The van der Waals surface area contributed by atoms with Crippen molar-refractivity contribution in [2.75, 3.05) is 25.1 Å². The van der Waals surface area contributed by atoms with Crippen molar-refractivity contribution in [3.8, 4) is 0 Å². The van der Waals surface area contributed by atoms with Crippen molar-refractivity contribution in [1.29, 1.82) is 0 Å². The SMILES string of the molecule is CC(C)NCc1ccc(Cl)cc1N(C)CCCO. The van der Waals surface area contributed by atoms with Crippen LogP contribution in [0.1, 0.15) is 25.8 Å². The first-order chi connectivity index (χ1) is 8.54. The van der Waals surface area contributed by atoms with E-state index < -0.39 is 0 Å². The number of aliphatic hydroxyl groups excluding tert-OH is 1. The molecule has 102 valence electrons. The Morgan fingerprint density at radius 3 is 2.72 bits per heavy atom. The topological polar surface area (TPSA) is 35.5 Å². The van der Waals surface area contributed by atoms with Crippen LogP contribution >= 0.6 is 11.6 Å². The summed E-state index contributed by atoms with van der Waals surface area (Å²) in [5, 5.41) is 13.1. The fourth-order valence-electron chi connectivity index (χ4n) is 1.78. The number of nitrogens with one attached hydrogen (secondary N) is 1. The second-order valence-corrected chi connectivity index (χ2v) is 5.24. The highest BCUT2D eigenvalue weighted by Gasteiger charge is 2.08. The third-order valence-electron chi connectivity index (χ3n) is 2.81. The largest absolute Gasteiger partial charge is 0.396 e. The highest BCUT2D eigenvalue weighted by Crippen LogP contribution is 2.24. The molecule has 0 aromatic heterocycles. The summed E-state index contributed by atoms with van der Waals surface area (Å²) in [5.74, 6) is 0. The van der Waals surface area contributed by atoms with E-state index in [2.05, 4.69) is 30.1 Å². The minimum atomic E-state index is 0.213. The number of hydrogen-bond acceptors (Lipinski definition) is 3. The van der Waals surface area contributed by atoms with E-state index in [4.69, 9.17) is 16.7 Å². The van der Waals surface area contributed by atoms with E-state index in [1.165, 1.54) is 5.56 Å². The Bertz CT molecular complexity index is 369. The van der Waals surface area contributed by atoms with Gasteiger partial charge in [0.05, 0.1) is 0 Å². The number of rotatable bonds is 7. The highest BCUT2D eigenvalue weighted by molar-refractivity contribution is 6.30. The molecule has 0 amide bonds. The molecule has 1 rings (SSSR count). The summed E-state index contributed by atoms with van der Waals surface area (Å²) in [4.78, 5) is 2.14. The Hall–Kier alpha value is -0.770. The summed E-state index contributed by atoms with van der Waals surface area (Å²) in [6.07, 6.45) is 0.764. The zero-order valence-corrected chi connectivity index (χ0v) is 12.2. The van der Waals surface area contributed by atoms with Crippen molar-refractivity contribution in [1.82, 2.24) is 5.32 Å². The summed E-state index contributed by atoms with van der Waals surface area (Å²) >= 11 is 6.06. The van der Waals surface area contributed by atoms with Crippen LogP contribution in [-0.2, 0) is 6.54 Å². The number of benzene rings is 1. The molecule has 0 atom stereocenters. The maximum atomic E-state index is 8.90. The van der Waals surface area contributed by atoms with Crippen LogP contribution in [-0.4, -0.2) is 31.3 Å². The third kappa shape index (κ3) is 4.84. The predicted octanol–water partition coefficient (Wildman–Crippen LogP) is 2.66. The molecule has 0 bridgehead atoms. The van der Waals surface area contributed by atoms with Crippen molar-refractivity contribution >= 4 is 17.3 Å². The normalized spacial score (nSPS) is 11.0. The van der Waals surface area contributed by atoms with E-state index >= 15 is 0 Å². The Balaban J connectivity index is 2.81. The number of nitrogens with zero attached hydrogens (tertiary/aromatic N) is 1. The van der Waals surface area contributed by atoms with E-state index in [1.807, 2.05) is 19.2 Å². The summed E-state index contributed by atoms with van der Waals surface area (Å²) in [5.41, 5.74) is 2.36. The van der Waals surface area contributed by atoms with Gasteiger partial charge in [0.1, 0.15) is 0 Å². The van der Waals surface area contributed by atoms with Crippen LogP contribution in [0.15, 0.2) is 18.2 Å². The van der Waals surface area contributed by atoms with E-state index in [9.17, 15) is 0 Å². The van der Waals surface area contributed by atoms with Crippen LogP contribution in [0.4, 0.5) is 5.69 Å². The number of aliphatic hydroxyl groups is 1. The smallest absolute Gasteiger partial charge is 0.0447 e. The van der Waals surface area contributed by atoms with Crippen LogP contribution in [0.5, 0.6) is 0 Å². The maximum absolute atomic E-state index is 8.90. The molecule has 18 heavy (non-hydrogen) atoms. The van der Waals surface area contributed by atoms with E-state index in [0.29, 0.717) is 6.04 Å². The molecule has 3 nitrogen and oxygen atoms in total. The van der Waals surface area contributed by atoms with Gasteiger partial charge in [-0.3, -0.25) is 0 Å². The summed E-state index contributed by atoms with van der Waals surface area (Å²) in [7, 11) is 2.03. The van der Waals surface area contributed by atoms with Gasteiger partial charge < -0.3 is 15.3 Å². The van der Waals surface area contributed by atoms with Gasteiger partial charge in [-0.25, -0.2) is 0 Å². The monoisotopic (exact) mass is 270 g/mol. The van der Waals surface area contributed by atoms with Crippen molar-refractivity contribution in [3.63, 3.8) is 0 Å². The van der Waals surface area contributed by atoms with E-state index in [1.54, 1.807) is 0 Å². The molecule has 1 aromatic rings. The zero-order valence-electron chi connectivity index (χ0n) is 11.4. The molecule has 0 saturated heterocycles. The van der Waals surface area contributed by atoms with Gasteiger partial charge in [0.2, 0.25) is 0 Å². The molecule has 2 N–H and O–H groups in total. The first-order valence-corrected chi connectivity index (χ1v) is 6.76. The molecule has 0 heterocycles. The molecule has 0 aliphatic rings. The maximum Gasteiger partial charge on any atom is 0.0447 e. The summed E-state index contributed by atoms with van der Waals surface area (Å²) < 4.78 is 0. The molecule has 4 heteroatoms. The lowest BCUT2D eigenvalue weighted by molar-refractivity contribution is 0.290. The Morgan fingerprint density at radius 1 is 1.39 bits per heavy atom. The summed E-state index contributed by atoms with van der Waals surface area (Å²) in [6.45, 7) is 6.12. The van der Waals surface area contributed by atoms with Gasteiger partial charge in [-0.15, -0.1) is 0 Å². The van der Waals surface area contributed by atoms with E-state index in [-0.39, 0.29) is 6.61 Å². The second-order valence-electron chi connectivity index (χ2n) is 4.81. The van der Waals surface area contributed by atoms with Crippen molar-refractivity contribution < 1.29 is 5.11 Å². The number of anilines is 1. The van der Waals surface area contributed by atoms with Crippen molar-refractivity contribution in [2.45, 2.75) is 32.9 Å². The van der Waals surface area contributed by atoms with Gasteiger partial charge in [-0.2, -0.15) is 0 Å². The third-order valence-corrected chi connectivity index (χ3v) is 3.05. The fourth-order valence-corrected chi connectivity index (χ4v) is 1.95. The predicted molar refractivity (Wildman–Crippen MR) is 78.4 cm³/mol. The number of hydrogen-bond donors (Lipinski definition) is 2. The minimum absolute atomic E-state index is 0.213. The van der Waals surface area contributed by atoms with Crippen molar-refractivity contribution in [3.05, 3.63) is 28.8 Å². The lowest BCUT2D eigenvalue weighted by atomic mass is 10.1. The Kier molecular flexibility index (Phi) is 6.47. The van der Waals surface area contributed by atoms with Gasteiger partial charge in [-0.05, 0) is 24.1 Å².